The van der Waals surface area contributed by atoms with Crippen molar-refractivity contribution in [2.45, 2.75) is 12.6 Å². The molecule has 0 atom stereocenters. The Labute approximate surface area is 174 Å². The maximum absolute atomic E-state index is 12.7. The second kappa shape index (κ2) is 8.44. The maximum Gasteiger partial charge on any atom is 0.416 e. The third kappa shape index (κ3) is 6.04. The van der Waals surface area contributed by atoms with Gasteiger partial charge in [-0.05, 0) is 36.4 Å². The summed E-state index contributed by atoms with van der Waals surface area (Å²) in [5.41, 5.74) is 1.14. The fraction of sp³-hybridized carbons (Fsp3) is 0.158. The topological polar surface area (TPSA) is 88.2 Å². The van der Waals surface area contributed by atoms with Gasteiger partial charge in [0.15, 0.2) is 0 Å². The Morgan fingerprint density at radius 2 is 1.63 bits per heavy atom. The number of thiazole rings is 1. The summed E-state index contributed by atoms with van der Waals surface area (Å²) in [6, 6.07) is 10.8. The van der Waals surface area contributed by atoms with Crippen LogP contribution in [0, 0.1) is 0 Å². The zero-order valence-corrected chi connectivity index (χ0v) is 17.2. The van der Waals surface area contributed by atoms with Gasteiger partial charge in [0.05, 0.1) is 23.9 Å². The molecule has 0 aliphatic carbocycles. The number of anilines is 2. The number of nitrogens with zero attached hydrogens (tertiary/aromatic N) is 1. The van der Waals surface area contributed by atoms with Gasteiger partial charge in [0, 0.05) is 22.3 Å². The lowest BCUT2D eigenvalue weighted by molar-refractivity contribution is -0.137. The second-order valence-electron chi connectivity index (χ2n) is 6.40. The van der Waals surface area contributed by atoms with Gasteiger partial charge in [-0.15, -0.1) is 11.3 Å². The predicted octanol–water partition coefficient (Wildman–Crippen LogP) is 4.38. The molecule has 158 valence electrons. The first-order valence-electron chi connectivity index (χ1n) is 8.49. The molecule has 0 spiro atoms. The molecule has 1 amide bonds. The van der Waals surface area contributed by atoms with Crippen LogP contribution in [-0.4, -0.2) is 25.6 Å². The van der Waals surface area contributed by atoms with Crippen LogP contribution in [0.25, 0.3) is 10.6 Å². The summed E-state index contributed by atoms with van der Waals surface area (Å²) in [5, 5.41) is 4.87. The van der Waals surface area contributed by atoms with Crippen LogP contribution in [0.15, 0.2) is 53.9 Å². The van der Waals surface area contributed by atoms with Crippen LogP contribution >= 0.6 is 11.3 Å². The van der Waals surface area contributed by atoms with Gasteiger partial charge in [-0.25, -0.2) is 13.4 Å². The molecule has 3 rings (SSSR count). The van der Waals surface area contributed by atoms with Gasteiger partial charge in [0.25, 0.3) is 0 Å². The lowest BCUT2D eigenvalue weighted by Crippen LogP contribution is -2.14. The maximum atomic E-state index is 12.7. The van der Waals surface area contributed by atoms with Crippen LogP contribution in [0.2, 0.25) is 0 Å². The van der Waals surface area contributed by atoms with Gasteiger partial charge < -0.3 is 5.32 Å². The molecule has 0 saturated heterocycles. The van der Waals surface area contributed by atoms with Crippen LogP contribution in [-0.2, 0) is 27.4 Å². The quantitative estimate of drug-likeness (QED) is 0.577. The molecular weight excluding hydrogens is 439 g/mol. The van der Waals surface area contributed by atoms with E-state index in [-0.39, 0.29) is 12.3 Å². The standard InChI is InChI=1S/C19H16F3N3O3S2/c1-30(27,28)25-15-8-6-14(7-9-15)23-17(26)10-16-11-29-18(24-16)12-2-4-13(5-3-12)19(20,21)22/h2-9,11,25H,10H2,1H3,(H,23,26). The van der Waals surface area contributed by atoms with Gasteiger partial charge >= 0.3 is 6.18 Å². The fourth-order valence-electron chi connectivity index (χ4n) is 2.53. The van der Waals surface area contributed by atoms with E-state index in [9.17, 15) is 26.4 Å². The van der Waals surface area contributed by atoms with Gasteiger partial charge in [-0.2, -0.15) is 13.2 Å². The number of amides is 1. The van der Waals surface area contributed by atoms with Crippen molar-refractivity contribution in [3.05, 3.63) is 65.2 Å². The lowest BCUT2D eigenvalue weighted by Gasteiger charge is -2.07. The Bertz CT molecular complexity index is 1140. The SMILES string of the molecule is CS(=O)(=O)Nc1ccc(NC(=O)Cc2csc(-c3ccc(C(F)(F)F)cc3)n2)cc1. The summed E-state index contributed by atoms with van der Waals surface area (Å²) in [6.07, 6.45) is -3.38. The number of carbonyl (C=O) groups excluding carboxylic acids is 1. The highest BCUT2D eigenvalue weighted by Crippen LogP contribution is 2.31. The Kier molecular flexibility index (Phi) is 6.13. The second-order valence-corrected chi connectivity index (χ2v) is 9.00. The minimum Gasteiger partial charge on any atom is -0.326 e. The molecule has 0 fully saturated rings. The van der Waals surface area contributed by atoms with Crippen molar-refractivity contribution in [1.29, 1.82) is 0 Å². The zero-order valence-electron chi connectivity index (χ0n) is 15.5. The Balaban J connectivity index is 1.61. The first-order valence-corrected chi connectivity index (χ1v) is 11.3. The Morgan fingerprint density at radius 1 is 1.03 bits per heavy atom. The molecule has 0 radical (unpaired) electrons. The van der Waals surface area contributed by atoms with Crippen molar-refractivity contribution >= 4 is 38.6 Å². The lowest BCUT2D eigenvalue weighted by atomic mass is 10.1. The summed E-state index contributed by atoms with van der Waals surface area (Å²) in [4.78, 5) is 16.5. The average Bonchev–Trinajstić information content (AvgIpc) is 3.10. The van der Waals surface area contributed by atoms with E-state index < -0.39 is 21.8 Å². The molecule has 0 bridgehead atoms. The molecule has 2 aromatic carbocycles. The Hall–Kier alpha value is -2.92. The summed E-state index contributed by atoms with van der Waals surface area (Å²) >= 11 is 1.23. The minimum absolute atomic E-state index is 0.0134. The minimum atomic E-state index is -4.40. The normalized spacial score (nSPS) is 11.9. The number of benzene rings is 2. The first-order chi connectivity index (χ1) is 14.0. The predicted molar refractivity (Wildman–Crippen MR) is 110 cm³/mol. The molecule has 3 aromatic rings. The fourth-order valence-corrected chi connectivity index (χ4v) is 3.92. The summed E-state index contributed by atoms with van der Waals surface area (Å²) < 4.78 is 62.7. The molecule has 0 aliphatic rings. The smallest absolute Gasteiger partial charge is 0.326 e. The number of sulfonamides is 1. The highest BCUT2D eigenvalue weighted by molar-refractivity contribution is 7.92. The monoisotopic (exact) mass is 455 g/mol. The average molecular weight is 455 g/mol. The van der Waals surface area contributed by atoms with Gasteiger partial charge in [0.2, 0.25) is 15.9 Å². The third-order valence-electron chi connectivity index (χ3n) is 3.82. The molecule has 6 nitrogen and oxygen atoms in total. The molecule has 30 heavy (non-hydrogen) atoms. The van der Waals surface area contributed by atoms with Gasteiger partial charge in [0.1, 0.15) is 5.01 Å². The van der Waals surface area contributed by atoms with E-state index >= 15 is 0 Å². The van der Waals surface area contributed by atoms with Crippen molar-refractivity contribution < 1.29 is 26.4 Å². The first kappa shape index (κ1) is 21.8. The Morgan fingerprint density at radius 3 is 2.20 bits per heavy atom. The van der Waals surface area contributed by atoms with Crippen molar-refractivity contribution in [3.8, 4) is 10.6 Å². The number of rotatable bonds is 6. The van der Waals surface area contributed by atoms with Crippen LogP contribution < -0.4 is 10.0 Å². The number of hydrogen-bond acceptors (Lipinski definition) is 5. The van der Waals surface area contributed by atoms with E-state index in [1.54, 1.807) is 17.5 Å². The van der Waals surface area contributed by atoms with E-state index in [1.807, 2.05) is 0 Å². The van der Waals surface area contributed by atoms with E-state index in [4.69, 9.17) is 0 Å². The third-order valence-corrected chi connectivity index (χ3v) is 5.37. The molecule has 0 aliphatic heterocycles. The van der Waals surface area contributed by atoms with Gasteiger partial charge in [-0.1, -0.05) is 12.1 Å². The molecular formula is C19H16F3N3O3S2. The van der Waals surface area contributed by atoms with Gasteiger partial charge in [-0.3, -0.25) is 9.52 Å². The highest BCUT2D eigenvalue weighted by atomic mass is 32.2. The number of nitrogens with one attached hydrogen (secondary N) is 2. The van der Waals surface area contributed by atoms with Crippen LogP contribution in [0.5, 0.6) is 0 Å². The van der Waals surface area contributed by atoms with Crippen molar-refractivity contribution in [2.75, 3.05) is 16.3 Å². The van der Waals surface area contributed by atoms with Crippen molar-refractivity contribution in [3.63, 3.8) is 0 Å². The van der Waals surface area contributed by atoms with Crippen molar-refractivity contribution in [1.82, 2.24) is 4.98 Å². The summed E-state index contributed by atoms with van der Waals surface area (Å²) in [6.45, 7) is 0. The van der Waals surface area contributed by atoms with E-state index in [0.29, 0.717) is 27.6 Å². The molecule has 0 saturated carbocycles. The summed E-state index contributed by atoms with van der Waals surface area (Å²) in [7, 11) is -3.38. The molecule has 2 N–H and O–H groups in total. The number of aromatic nitrogens is 1. The van der Waals surface area contributed by atoms with E-state index in [2.05, 4.69) is 15.0 Å². The number of halogens is 3. The van der Waals surface area contributed by atoms with E-state index in [1.165, 1.54) is 35.6 Å². The zero-order chi connectivity index (χ0) is 21.9. The van der Waals surface area contributed by atoms with Crippen LogP contribution in [0.4, 0.5) is 24.5 Å². The van der Waals surface area contributed by atoms with E-state index in [0.717, 1.165) is 18.4 Å². The van der Waals surface area contributed by atoms with Crippen LogP contribution in [0.3, 0.4) is 0 Å². The molecule has 11 heteroatoms. The summed E-state index contributed by atoms with van der Waals surface area (Å²) in [5.74, 6) is -0.330. The highest BCUT2D eigenvalue weighted by Gasteiger charge is 2.30. The van der Waals surface area contributed by atoms with Crippen LogP contribution in [0.1, 0.15) is 11.3 Å². The molecule has 0 unspecified atom stereocenters. The number of alkyl halides is 3. The largest absolute Gasteiger partial charge is 0.416 e. The van der Waals surface area contributed by atoms with Crippen molar-refractivity contribution in [2.24, 2.45) is 0 Å². The number of carbonyl (C=O) groups is 1. The molecule has 1 aromatic heterocycles. The molecule has 1 heterocycles. The number of hydrogen-bond donors (Lipinski definition) is 2.